The number of guanidine groups is 1. The van der Waals surface area contributed by atoms with Crippen LogP contribution in [0.15, 0.2) is 4.99 Å². The van der Waals surface area contributed by atoms with E-state index in [0.717, 1.165) is 30.7 Å². The van der Waals surface area contributed by atoms with Crippen LogP contribution in [0.1, 0.15) is 33.1 Å². The van der Waals surface area contributed by atoms with Crippen molar-refractivity contribution < 1.29 is 14.2 Å². The average molecular weight is 294 g/mol. The minimum atomic E-state index is -0.489. The summed E-state index contributed by atoms with van der Waals surface area (Å²) in [6.07, 6.45) is 3.38. The number of nitrogens with zero attached hydrogens (tertiary/aromatic N) is 4. The molecule has 1 N–H and O–H groups in total. The largest absolute Gasteiger partial charge is 0.390 e. The third-order valence-corrected chi connectivity index (χ3v) is 3.93. The highest BCUT2D eigenvalue weighted by Crippen LogP contribution is 2.17. The van der Waals surface area contributed by atoms with Crippen molar-refractivity contribution in [3.8, 4) is 0 Å². The number of nitrogens with one attached hydrogen (secondary N) is 1. The lowest BCUT2D eigenvalue weighted by atomic mass is 10.1. The number of imide groups is 1. The normalized spacial score (nSPS) is 21.9. The molecular formula is C14H24N5O2+. The van der Waals surface area contributed by atoms with Gasteiger partial charge in [-0.25, -0.2) is 9.37 Å². The van der Waals surface area contributed by atoms with Gasteiger partial charge in [0.15, 0.2) is 0 Å². The summed E-state index contributed by atoms with van der Waals surface area (Å²) >= 11 is 0. The van der Waals surface area contributed by atoms with Gasteiger partial charge in [0.2, 0.25) is 11.9 Å². The van der Waals surface area contributed by atoms with E-state index in [2.05, 4.69) is 17.2 Å². The Kier molecular flexibility index (Phi) is 4.59. The molecule has 2 rings (SSSR count). The van der Waals surface area contributed by atoms with E-state index in [1.165, 1.54) is 11.9 Å². The van der Waals surface area contributed by atoms with Gasteiger partial charge in [-0.05, 0) is 13.3 Å². The van der Waals surface area contributed by atoms with Gasteiger partial charge in [0, 0.05) is 14.1 Å². The van der Waals surface area contributed by atoms with E-state index in [1.807, 2.05) is 11.5 Å². The number of unbranched alkanes of at least 4 members (excludes halogenated alkanes) is 2. The number of amidine groups is 1. The molecule has 0 aromatic carbocycles. The Bertz CT molecular complexity index is 511. The lowest BCUT2D eigenvalue weighted by Gasteiger charge is -2.31. The van der Waals surface area contributed by atoms with Crippen LogP contribution in [0.5, 0.6) is 0 Å². The Morgan fingerprint density at radius 3 is 2.52 bits per heavy atom. The summed E-state index contributed by atoms with van der Waals surface area (Å²) in [6.45, 7) is 5.63. The third-order valence-electron chi connectivity index (χ3n) is 3.93. The number of carbonyl (C=O) groups is 2. The van der Waals surface area contributed by atoms with Crippen LogP contribution >= 0.6 is 0 Å². The first kappa shape index (κ1) is 15.5. The minimum absolute atomic E-state index is 0.218. The molecule has 0 bridgehead atoms. The van der Waals surface area contributed by atoms with Crippen molar-refractivity contribution >= 4 is 23.7 Å². The number of fused-ring (bicyclic) bond motifs is 1. The van der Waals surface area contributed by atoms with E-state index >= 15 is 0 Å². The quantitative estimate of drug-likeness (QED) is 0.591. The fourth-order valence-corrected chi connectivity index (χ4v) is 2.65. The zero-order chi connectivity index (χ0) is 15.6. The molecule has 7 nitrogen and oxygen atoms in total. The zero-order valence-corrected chi connectivity index (χ0v) is 13.2. The van der Waals surface area contributed by atoms with Gasteiger partial charge in [-0.15, -0.1) is 0 Å². The summed E-state index contributed by atoms with van der Waals surface area (Å²) in [4.78, 5) is 31.4. The molecule has 21 heavy (non-hydrogen) atoms. The highest BCUT2D eigenvalue weighted by molar-refractivity contribution is 6.22. The van der Waals surface area contributed by atoms with Crippen LogP contribution in [-0.4, -0.2) is 71.3 Å². The van der Waals surface area contributed by atoms with Crippen molar-refractivity contribution in [2.75, 3.05) is 27.2 Å². The maximum absolute atomic E-state index is 12.4. The number of urea groups is 1. The predicted molar refractivity (Wildman–Crippen MR) is 80.5 cm³/mol. The molecule has 3 amide bonds. The summed E-state index contributed by atoms with van der Waals surface area (Å²) in [5, 5.41) is 3.29. The standard InChI is InChI=1S/C14H23N5O2/c1-5-7-8-9-15-13-16-11-10(19(13)6-2)12(20)18(4)14(21)17(11)3/h10H,5-9H2,1-4H3/p+1. The molecule has 1 fully saturated rings. The molecule has 0 spiro atoms. The topological polar surface area (TPSA) is 68.0 Å². The molecule has 116 valence electrons. The van der Waals surface area contributed by atoms with E-state index in [4.69, 9.17) is 0 Å². The fourth-order valence-electron chi connectivity index (χ4n) is 2.65. The molecule has 2 heterocycles. The van der Waals surface area contributed by atoms with E-state index in [9.17, 15) is 9.59 Å². The van der Waals surface area contributed by atoms with E-state index in [1.54, 1.807) is 7.05 Å². The van der Waals surface area contributed by atoms with Crippen molar-refractivity contribution in [2.45, 2.75) is 39.2 Å². The van der Waals surface area contributed by atoms with Crippen LogP contribution in [0.4, 0.5) is 4.79 Å². The van der Waals surface area contributed by atoms with Crippen molar-refractivity contribution in [3.05, 3.63) is 0 Å². The van der Waals surface area contributed by atoms with E-state index in [0.29, 0.717) is 18.3 Å². The Morgan fingerprint density at radius 1 is 1.19 bits per heavy atom. The summed E-state index contributed by atoms with van der Waals surface area (Å²) in [5.74, 6) is 0.990. The van der Waals surface area contributed by atoms with Gasteiger partial charge < -0.3 is 0 Å². The smallest absolute Gasteiger partial charge is 0.275 e. The first-order valence-electron chi connectivity index (χ1n) is 7.54. The predicted octanol–water partition coefficient (Wildman–Crippen LogP) is 0.459. The fraction of sp³-hybridized carbons (Fsp3) is 0.714. The van der Waals surface area contributed by atoms with Gasteiger partial charge in [0.05, 0.1) is 13.1 Å². The van der Waals surface area contributed by atoms with Crippen LogP contribution in [0.3, 0.4) is 0 Å². The average Bonchev–Trinajstić information content (AvgIpc) is 2.86. The molecule has 1 saturated heterocycles. The molecule has 2 aliphatic heterocycles. The van der Waals surface area contributed by atoms with Crippen molar-refractivity contribution in [1.29, 1.82) is 0 Å². The molecule has 0 aromatic rings. The third kappa shape index (κ3) is 2.64. The molecule has 0 radical (unpaired) electrons. The van der Waals surface area contributed by atoms with E-state index < -0.39 is 6.04 Å². The molecular weight excluding hydrogens is 270 g/mol. The monoisotopic (exact) mass is 294 g/mol. The molecule has 7 heteroatoms. The second kappa shape index (κ2) is 6.24. The lowest BCUT2D eigenvalue weighted by molar-refractivity contribution is -0.533. The number of aliphatic imine (C=N–C) groups is 1. The van der Waals surface area contributed by atoms with Crippen molar-refractivity contribution in [2.24, 2.45) is 4.99 Å². The van der Waals surface area contributed by atoms with Gasteiger partial charge in [-0.2, -0.15) is 0 Å². The van der Waals surface area contributed by atoms with Gasteiger partial charge in [-0.1, -0.05) is 24.8 Å². The Morgan fingerprint density at radius 2 is 1.90 bits per heavy atom. The first-order chi connectivity index (χ1) is 10.0. The molecule has 2 aliphatic rings. The van der Waals surface area contributed by atoms with Crippen LogP contribution in [-0.2, 0) is 4.79 Å². The number of likely N-dealkylation sites (N-methyl/N-ethyl adjacent to an activating group) is 3. The number of hydrogen-bond acceptors (Lipinski definition) is 4. The Balaban J connectivity index is 2.21. The molecule has 0 saturated carbocycles. The molecule has 1 atom stereocenters. The highest BCUT2D eigenvalue weighted by atomic mass is 16.2. The second-order valence-corrected chi connectivity index (χ2v) is 5.35. The van der Waals surface area contributed by atoms with Crippen molar-refractivity contribution in [1.82, 2.24) is 15.1 Å². The maximum atomic E-state index is 12.4. The Hall–Kier alpha value is -1.92. The molecule has 1 unspecified atom stereocenters. The maximum Gasteiger partial charge on any atom is 0.390 e. The molecule has 0 aliphatic carbocycles. The Labute approximate surface area is 125 Å². The van der Waals surface area contributed by atoms with Crippen LogP contribution in [0, 0.1) is 0 Å². The number of rotatable bonds is 5. The van der Waals surface area contributed by atoms with Crippen molar-refractivity contribution in [3.63, 3.8) is 0 Å². The summed E-state index contributed by atoms with van der Waals surface area (Å²) < 4.78 is 1.92. The number of carbonyl (C=O) groups excluding carboxylic acids is 2. The SMILES string of the molecule is CCCCCNC1=[N+](CC)C2C(=O)N(C)C(=O)N(C)C2=N1. The van der Waals surface area contributed by atoms with Gasteiger partial charge in [-0.3, -0.25) is 19.9 Å². The van der Waals surface area contributed by atoms with E-state index in [-0.39, 0.29) is 11.9 Å². The second-order valence-electron chi connectivity index (χ2n) is 5.35. The minimum Gasteiger partial charge on any atom is -0.275 e. The summed E-state index contributed by atoms with van der Waals surface area (Å²) in [7, 11) is 3.17. The van der Waals surface area contributed by atoms with Gasteiger partial charge in [0.25, 0.3) is 5.91 Å². The summed E-state index contributed by atoms with van der Waals surface area (Å²) in [6, 6.07) is -0.824. The first-order valence-corrected chi connectivity index (χ1v) is 7.54. The van der Waals surface area contributed by atoms with Crippen LogP contribution < -0.4 is 5.32 Å². The highest BCUT2D eigenvalue weighted by Gasteiger charge is 2.50. The summed E-state index contributed by atoms with van der Waals surface area (Å²) in [5.41, 5.74) is 0. The molecule has 0 aromatic heterocycles. The lowest BCUT2D eigenvalue weighted by Crippen LogP contribution is -2.61. The number of amides is 3. The van der Waals surface area contributed by atoms with Gasteiger partial charge >= 0.3 is 12.0 Å². The van der Waals surface area contributed by atoms with Crippen LogP contribution in [0.25, 0.3) is 0 Å². The van der Waals surface area contributed by atoms with Gasteiger partial charge in [0.1, 0.15) is 0 Å². The zero-order valence-electron chi connectivity index (χ0n) is 13.2. The van der Waals surface area contributed by atoms with Crippen LogP contribution in [0.2, 0.25) is 0 Å². The number of hydrogen-bond donors (Lipinski definition) is 1.